The highest BCUT2D eigenvalue weighted by Crippen LogP contribution is 2.24. The molecule has 1 amide bonds. The maximum atomic E-state index is 12.8. The van der Waals surface area contributed by atoms with E-state index in [2.05, 4.69) is 27.5 Å². The minimum Gasteiger partial charge on any atom is -0.337 e. The number of amides is 1. The maximum absolute atomic E-state index is 12.8. The lowest BCUT2D eigenvalue weighted by atomic mass is 10.2. The van der Waals surface area contributed by atoms with Gasteiger partial charge in [-0.1, -0.05) is 30.0 Å². The number of benzene rings is 1. The van der Waals surface area contributed by atoms with Crippen molar-refractivity contribution in [2.75, 3.05) is 12.3 Å². The SMILES string of the molecule is C=CCn1c(SCC(=O)N(CC)Cc2ccc(Br)s2)nc2ccccc2c1=O. The number of rotatable bonds is 8. The molecular weight excluding hydrogens is 458 g/mol. The molecule has 3 aromatic rings. The predicted octanol–water partition coefficient (Wildman–Crippen LogP) is 4.55. The highest BCUT2D eigenvalue weighted by molar-refractivity contribution is 9.11. The molecule has 0 saturated carbocycles. The molecule has 0 spiro atoms. The quantitative estimate of drug-likeness (QED) is 0.271. The van der Waals surface area contributed by atoms with Crippen molar-refractivity contribution in [3.8, 4) is 0 Å². The second-order valence-electron chi connectivity index (χ2n) is 6.02. The van der Waals surface area contributed by atoms with Crippen LogP contribution < -0.4 is 5.56 Å². The molecule has 0 aliphatic carbocycles. The molecule has 3 rings (SSSR count). The van der Waals surface area contributed by atoms with Gasteiger partial charge < -0.3 is 4.90 Å². The van der Waals surface area contributed by atoms with E-state index in [4.69, 9.17) is 0 Å². The monoisotopic (exact) mass is 477 g/mol. The van der Waals surface area contributed by atoms with E-state index in [0.717, 1.165) is 8.66 Å². The fourth-order valence-electron chi connectivity index (χ4n) is 2.77. The molecule has 28 heavy (non-hydrogen) atoms. The molecule has 146 valence electrons. The Bertz CT molecular complexity index is 1060. The third-order valence-electron chi connectivity index (χ3n) is 4.17. The number of carbonyl (C=O) groups excluding carboxylic acids is 1. The van der Waals surface area contributed by atoms with Crippen LogP contribution in [0.15, 0.2) is 62.8 Å². The summed E-state index contributed by atoms with van der Waals surface area (Å²) in [4.78, 5) is 33.1. The van der Waals surface area contributed by atoms with Gasteiger partial charge >= 0.3 is 0 Å². The van der Waals surface area contributed by atoms with Gasteiger partial charge in [-0.2, -0.15) is 0 Å². The minimum atomic E-state index is -0.115. The fourth-order valence-corrected chi connectivity index (χ4v) is 5.18. The third-order valence-corrected chi connectivity index (χ3v) is 6.74. The largest absolute Gasteiger partial charge is 0.337 e. The second kappa shape index (κ2) is 9.54. The number of hydrogen-bond donors (Lipinski definition) is 0. The van der Waals surface area contributed by atoms with Gasteiger partial charge in [0.15, 0.2) is 5.16 Å². The van der Waals surface area contributed by atoms with Crippen molar-refractivity contribution in [2.45, 2.75) is 25.2 Å². The average Bonchev–Trinajstić information content (AvgIpc) is 3.11. The summed E-state index contributed by atoms with van der Waals surface area (Å²) in [5, 5.41) is 1.10. The van der Waals surface area contributed by atoms with Crippen LogP contribution in [0.4, 0.5) is 0 Å². The molecule has 8 heteroatoms. The molecule has 0 fully saturated rings. The molecule has 0 aliphatic heterocycles. The van der Waals surface area contributed by atoms with Gasteiger partial charge in [0.1, 0.15) is 0 Å². The van der Waals surface area contributed by atoms with E-state index < -0.39 is 0 Å². The fraction of sp³-hybridized carbons (Fsp3) is 0.250. The van der Waals surface area contributed by atoms with Crippen LogP contribution >= 0.6 is 39.0 Å². The van der Waals surface area contributed by atoms with Gasteiger partial charge in [0.05, 0.1) is 27.0 Å². The molecule has 1 aromatic carbocycles. The average molecular weight is 478 g/mol. The van der Waals surface area contributed by atoms with Crippen LogP contribution in [0, 0.1) is 0 Å². The van der Waals surface area contributed by atoms with Crippen molar-refractivity contribution in [1.29, 1.82) is 0 Å². The topological polar surface area (TPSA) is 55.2 Å². The van der Waals surface area contributed by atoms with Gasteiger partial charge in [0.2, 0.25) is 5.91 Å². The van der Waals surface area contributed by atoms with Crippen LogP contribution in [-0.2, 0) is 17.9 Å². The number of halogens is 1. The lowest BCUT2D eigenvalue weighted by Gasteiger charge is -2.20. The van der Waals surface area contributed by atoms with Crippen molar-refractivity contribution in [3.05, 3.63) is 68.1 Å². The summed E-state index contributed by atoms with van der Waals surface area (Å²) < 4.78 is 2.62. The Morgan fingerprint density at radius 1 is 1.36 bits per heavy atom. The lowest BCUT2D eigenvalue weighted by Crippen LogP contribution is -2.32. The van der Waals surface area contributed by atoms with Gasteiger partial charge in [-0.15, -0.1) is 17.9 Å². The first-order valence-corrected chi connectivity index (χ1v) is 11.4. The van der Waals surface area contributed by atoms with E-state index in [-0.39, 0.29) is 17.2 Å². The maximum Gasteiger partial charge on any atom is 0.262 e. The van der Waals surface area contributed by atoms with Gasteiger partial charge in [0, 0.05) is 18.0 Å². The number of thiophene rings is 1. The third kappa shape index (κ3) is 4.74. The Labute approximate surface area is 180 Å². The number of carbonyl (C=O) groups is 1. The van der Waals surface area contributed by atoms with Crippen molar-refractivity contribution < 1.29 is 4.79 Å². The Hall–Kier alpha value is -1.90. The van der Waals surface area contributed by atoms with Gasteiger partial charge in [-0.3, -0.25) is 14.2 Å². The first-order valence-electron chi connectivity index (χ1n) is 8.78. The molecule has 2 heterocycles. The second-order valence-corrected chi connectivity index (χ2v) is 9.51. The molecule has 5 nitrogen and oxygen atoms in total. The highest BCUT2D eigenvalue weighted by atomic mass is 79.9. The zero-order valence-corrected chi connectivity index (χ0v) is 18.6. The van der Waals surface area contributed by atoms with E-state index in [1.807, 2.05) is 42.2 Å². The van der Waals surface area contributed by atoms with E-state index in [1.165, 1.54) is 11.8 Å². The lowest BCUT2D eigenvalue weighted by molar-refractivity contribution is -0.128. The van der Waals surface area contributed by atoms with Gasteiger partial charge in [0.25, 0.3) is 5.56 Å². The van der Waals surface area contributed by atoms with Crippen LogP contribution in [-0.4, -0.2) is 32.7 Å². The summed E-state index contributed by atoms with van der Waals surface area (Å²) >= 11 is 6.37. The number of aromatic nitrogens is 2. The number of nitrogens with zero attached hydrogens (tertiary/aromatic N) is 3. The van der Waals surface area contributed by atoms with Crippen molar-refractivity contribution in [2.24, 2.45) is 0 Å². The molecular formula is C20H20BrN3O2S2. The zero-order chi connectivity index (χ0) is 20.1. The summed E-state index contributed by atoms with van der Waals surface area (Å²) in [5.74, 6) is 0.243. The van der Waals surface area contributed by atoms with Gasteiger partial charge in [-0.25, -0.2) is 4.98 Å². The smallest absolute Gasteiger partial charge is 0.262 e. The molecule has 0 bridgehead atoms. The van der Waals surface area contributed by atoms with Crippen LogP contribution in [0.25, 0.3) is 10.9 Å². The van der Waals surface area contributed by atoms with Crippen LogP contribution in [0.2, 0.25) is 0 Å². The molecule has 0 unspecified atom stereocenters. The van der Waals surface area contributed by atoms with E-state index >= 15 is 0 Å². The molecule has 0 N–H and O–H groups in total. The standard InChI is InChI=1S/C20H20BrN3O2S2/c1-3-11-24-19(26)15-7-5-6-8-16(15)22-20(24)27-13-18(25)23(4-2)12-14-9-10-17(21)28-14/h3,5-10H,1,4,11-13H2,2H3. The highest BCUT2D eigenvalue weighted by Gasteiger charge is 2.16. The number of para-hydroxylation sites is 1. The van der Waals surface area contributed by atoms with E-state index in [1.54, 1.807) is 28.0 Å². The number of thioether (sulfide) groups is 1. The van der Waals surface area contributed by atoms with Crippen molar-refractivity contribution in [3.63, 3.8) is 0 Å². The zero-order valence-electron chi connectivity index (χ0n) is 15.4. The Balaban J connectivity index is 1.79. The number of hydrogen-bond acceptors (Lipinski definition) is 5. The Morgan fingerprint density at radius 2 is 2.14 bits per heavy atom. The van der Waals surface area contributed by atoms with Gasteiger partial charge in [-0.05, 0) is 47.1 Å². The number of fused-ring (bicyclic) bond motifs is 1. The van der Waals surface area contributed by atoms with Crippen LogP contribution in [0.3, 0.4) is 0 Å². The molecule has 0 atom stereocenters. The Kier molecular flexibility index (Phi) is 7.09. The summed E-state index contributed by atoms with van der Waals surface area (Å²) in [6.07, 6.45) is 1.66. The molecule has 2 aromatic heterocycles. The van der Waals surface area contributed by atoms with E-state index in [0.29, 0.717) is 35.7 Å². The first kappa shape index (κ1) is 20.8. The normalized spacial score (nSPS) is 10.9. The predicted molar refractivity (Wildman–Crippen MR) is 120 cm³/mol. The van der Waals surface area contributed by atoms with E-state index in [9.17, 15) is 9.59 Å². The Morgan fingerprint density at radius 3 is 2.82 bits per heavy atom. The summed E-state index contributed by atoms with van der Waals surface area (Å²) in [5.41, 5.74) is 0.523. The summed E-state index contributed by atoms with van der Waals surface area (Å²) in [6, 6.07) is 11.3. The first-order chi connectivity index (χ1) is 13.5. The van der Waals surface area contributed by atoms with Crippen molar-refractivity contribution >= 4 is 55.8 Å². The summed E-state index contributed by atoms with van der Waals surface area (Å²) in [7, 11) is 0. The molecule has 0 radical (unpaired) electrons. The summed E-state index contributed by atoms with van der Waals surface area (Å²) in [6.45, 7) is 7.25. The van der Waals surface area contributed by atoms with Crippen LogP contribution in [0.5, 0.6) is 0 Å². The molecule has 0 aliphatic rings. The van der Waals surface area contributed by atoms with Crippen LogP contribution in [0.1, 0.15) is 11.8 Å². The molecule has 0 saturated heterocycles. The van der Waals surface area contributed by atoms with Crippen molar-refractivity contribution in [1.82, 2.24) is 14.5 Å². The minimum absolute atomic E-state index is 0.0181. The number of allylic oxidation sites excluding steroid dienone is 1.